The number of anilines is 1. The van der Waals surface area contributed by atoms with Crippen LogP contribution in [0.3, 0.4) is 0 Å². The third-order valence-corrected chi connectivity index (χ3v) is 3.62. The maximum Gasteiger partial charge on any atom is 0.163 e. The summed E-state index contributed by atoms with van der Waals surface area (Å²) in [6.07, 6.45) is 0. The van der Waals surface area contributed by atoms with Crippen LogP contribution in [-0.2, 0) is 5.41 Å². The molecular weight excluding hydrogens is 248 g/mol. The quantitative estimate of drug-likeness (QED) is 0.808. The Morgan fingerprint density at radius 1 is 1.15 bits per heavy atom. The molecule has 0 bridgehead atoms. The molecule has 0 saturated heterocycles. The fraction of sp³-hybridized carbons (Fsp3) is 0.353. The van der Waals surface area contributed by atoms with Crippen LogP contribution in [0.15, 0.2) is 24.3 Å². The van der Waals surface area contributed by atoms with E-state index in [-0.39, 0.29) is 11.2 Å². The molecule has 1 aromatic carbocycles. The highest BCUT2D eigenvalue weighted by Gasteiger charge is 2.18. The molecule has 2 aromatic rings. The van der Waals surface area contributed by atoms with Gasteiger partial charge < -0.3 is 10.7 Å². The Bertz CT molecular complexity index is 643. The monoisotopic (exact) mass is 270 g/mol. The van der Waals surface area contributed by atoms with E-state index in [0.717, 1.165) is 17.0 Å². The van der Waals surface area contributed by atoms with Crippen LogP contribution >= 0.6 is 0 Å². The first kappa shape index (κ1) is 14.4. The molecule has 0 aliphatic carbocycles. The summed E-state index contributed by atoms with van der Waals surface area (Å²) in [5.74, 6) is -0.00573. The van der Waals surface area contributed by atoms with Crippen molar-refractivity contribution in [1.29, 1.82) is 0 Å². The SMILES string of the molecule is CC(=O)c1c(C)[nH]c(-c2ccc(C(C)(C)C)cc2)c1N. The molecule has 0 aliphatic heterocycles. The van der Waals surface area contributed by atoms with Gasteiger partial charge in [0.15, 0.2) is 5.78 Å². The molecule has 0 saturated carbocycles. The summed E-state index contributed by atoms with van der Waals surface area (Å²) in [5.41, 5.74) is 11.3. The van der Waals surface area contributed by atoms with E-state index in [9.17, 15) is 4.79 Å². The van der Waals surface area contributed by atoms with E-state index in [1.54, 1.807) is 6.92 Å². The molecule has 106 valence electrons. The van der Waals surface area contributed by atoms with Crippen molar-refractivity contribution >= 4 is 11.5 Å². The molecule has 0 amide bonds. The lowest BCUT2D eigenvalue weighted by molar-refractivity contribution is 0.101. The van der Waals surface area contributed by atoms with Gasteiger partial charge in [0.2, 0.25) is 0 Å². The lowest BCUT2D eigenvalue weighted by Crippen LogP contribution is -2.10. The lowest BCUT2D eigenvalue weighted by atomic mass is 9.86. The van der Waals surface area contributed by atoms with E-state index < -0.39 is 0 Å². The van der Waals surface area contributed by atoms with Gasteiger partial charge in [-0.25, -0.2) is 0 Å². The maximum atomic E-state index is 11.6. The largest absolute Gasteiger partial charge is 0.396 e. The first-order chi connectivity index (χ1) is 9.21. The molecular formula is C17H22N2O. The van der Waals surface area contributed by atoms with Crippen molar-refractivity contribution < 1.29 is 4.79 Å². The molecule has 0 aliphatic rings. The van der Waals surface area contributed by atoms with Crippen molar-refractivity contribution in [2.45, 2.75) is 40.0 Å². The molecule has 2 rings (SSSR count). The van der Waals surface area contributed by atoms with Crippen molar-refractivity contribution in [3.8, 4) is 11.3 Å². The van der Waals surface area contributed by atoms with Gasteiger partial charge in [0.25, 0.3) is 0 Å². The zero-order valence-electron chi connectivity index (χ0n) is 12.8. The van der Waals surface area contributed by atoms with Crippen LogP contribution in [0.4, 0.5) is 5.69 Å². The predicted octanol–water partition coefficient (Wildman–Crippen LogP) is 4.07. The number of ketones is 1. The minimum atomic E-state index is -0.00573. The number of Topliss-reactive ketones (excluding diaryl/α,β-unsaturated/α-hetero) is 1. The van der Waals surface area contributed by atoms with Gasteiger partial charge in [-0.15, -0.1) is 0 Å². The number of carbonyl (C=O) groups excluding carboxylic acids is 1. The second kappa shape index (κ2) is 4.82. The number of nitrogens with one attached hydrogen (secondary N) is 1. The molecule has 20 heavy (non-hydrogen) atoms. The van der Waals surface area contributed by atoms with Crippen molar-refractivity contribution in [3.05, 3.63) is 41.1 Å². The predicted molar refractivity (Wildman–Crippen MR) is 84.1 cm³/mol. The number of aryl methyl sites for hydroxylation is 1. The van der Waals surface area contributed by atoms with Gasteiger partial charge in [0.05, 0.1) is 16.9 Å². The van der Waals surface area contributed by atoms with Gasteiger partial charge in [-0.2, -0.15) is 0 Å². The van der Waals surface area contributed by atoms with Crippen molar-refractivity contribution in [3.63, 3.8) is 0 Å². The topological polar surface area (TPSA) is 58.9 Å². The van der Waals surface area contributed by atoms with E-state index >= 15 is 0 Å². The molecule has 3 nitrogen and oxygen atoms in total. The number of rotatable bonds is 2. The van der Waals surface area contributed by atoms with Crippen LogP contribution < -0.4 is 5.73 Å². The van der Waals surface area contributed by atoms with E-state index in [2.05, 4.69) is 37.9 Å². The Hall–Kier alpha value is -2.03. The zero-order chi connectivity index (χ0) is 15.1. The molecule has 0 spiro atoms. The Balaban J connectivity index is 2.48. The van der Waals surface area contributed by atoms with Crippen LogP contribution in [0.1, 0.15) is 49.3 Å². The highest BCUT2D eigenvalue weighted by molar-refractivity contribution is 6.03. The zero-order valence-corrected chi connectivity index (χ0v) is 12.8. The van der Waals surface area contributed by atoms with Crippen LogP contribution in [0.25, 0.3) is 11.3 Å². The summed E-state index contributed by atoms with van der Waals surface area (Å²) >= 11 is 0. The molecule has 0 atom stereocenters. The summed E-state index contributed by atoms with van der Waals surface area (Å²) in [6, 6.07) is 8.31. The van der Waals surface area contributed by atoms with E-state index in [1.807, 2.05) is 19.1 Å². The second-order valence-electron chi connectivity index (χ2n) is 6.30. The summed E-state index contributed by atoms with van der Waals surface area (Å²) in [5, 5.41) is 0. The van der Waals surface area contributed by atoms with Crippen LogP contribution in [0.5, 0.6) is 0 Å². The first-order valence-electron chi connectivity index (χ1n) is 6.81. The highest BCUT2D eigenvalue weighted by Crippen LogP contribution is 2.32. The number of carbonyl (C=O) groups is 1. The summed E-state index contributed by atoms with van der Waals surface area (Å²) in [6.45, 7) is 9.97. The molecule has 1 heterocycles. The lowest BCUT2D eigenvalue weighted by Gasteiger charge is -2.19. The average Bonchev–Trinajstić information content (AvgIpc) is 2.64. The second-order valence-corrected chi connectivity index (χ2v) is 6.30. The summed E-state index contributed by atoms with van der Waals surface area (Å²) in [7, 11) is 0. The van der Waals surface area contributed by atoms with E-state index in [0.29, 0.717) is 11.3 Å². The van der Waals surface area contributed by atoms with Crippen LogP contribution in [0.2, 0.25) is 0 Å². The van der Waals surface area contributed by atoms with Crippen molar-refractivity contribution in [2.75, 3.05) is 5.73 Å². The molecule has 0 unspecified atom stereocenters. The minimum Gasteiger partial charge on any atom is -0.396 e. The number of aromatic amines is 1. The average molecular weight is 270 g/mol. The summed E-state index contributed by atoms with van der Waals surface area (Å²) < 4.78 is 0. The Labute approximate surface area is 120 Å². The molecule has 1 aromatic heterocycles. The fourth-order valence-corrected chi connectivity index (χ4v) is 2.46. The Kier molecular flexibility index (Phi) is 3.46. The number of hydrogen-bond acceptors (Lipinski definition) is 2. The first-order valence-corrected chi connectivity index (χ1v) is 6.81. The molecule has 0 radical (unpaired) electrons. The molecule has 3 N–H and O–H groups in total. The van der Waals surface area contributed by atoms with Gasteiger partial charge >= 0.3 is 0 Å². The third-order valence-electron chi connectivity index (χ3n) is 3.62. The van der Waals surface area contributed by atoms with Crippen molar-refractivity contribution in [2.24, 2.45) is 0 Å². The van der Waals surface area contributed by atoms with Crippen molar-refractivity contribution in [1.82, 2.24) is 4.98 Å². The Morgan fingerprint density at radius 2 is 1.70 bits per heavy atom. The molecule has 3 heteroatoms. The number of aromatic nitrogens is 1. The number of benzene rings is 1. The number of nitrogen functional groups attached to an aromatic ring is 1. The summed E-state index contributed by atoms with van der Waals surface area (Å²) in [4.78, 5) is 14.8. The normalized spacial score (nSPS) is 11.7. The highest BCUT2D eigenvalue weighted by atomic mass is 16.1. The van der Waals surface area contributed by atoms with E-state index in [4.69, 9.17) is 5.73 Å². The minimum absolute atomic E-state index is 0.00573. The smallest absolute Gasteiger partial charge is 0.163 e. The van der Waals surface area contributed by atoms with Gasteiger partial charge in [-0.3, -0.25) is 4.79 Å². The third kappa shape index (κ3) is 2.48. The number of nitrogens with two attached hydrogens (primary N) is 1. The van der Waals surface area contributed by atoms with Gasteiger partial charge in [-0.1, -0.05) is 45.0 Å². The Morgan fingerprint density at radius 3 is 2.10 bits per heavy atom. The van der Waals surface area contributed by atoms with E-state index in [1.165, 1.54) is 5.56 Å². The number of hydrogen-bond donors (Lipinski definition) is 2. The van der Waals surface area contributed by atoms with Gasteiger partial charge in [-0.05, 0) is 24.8 Å². The van der Waals surface area contributed by atoms with Gasteiger partial charge in [0, 0.05) is 11.3 Å². The van der Waals surface area contributed by atoms with Gasteiger partial charge in [0.1, 0.15) is 0 Å². The molecule has 0 fully saturated rings. The van der Waals surface area contributed by atoms with Crippen LogP contribution in [-0.4, -0.2) is 10.8 Å². The standard InChI is InChI=1S/C17H22N2O/c1-10-14(11(2)20)15(18)16(19-10)12-6-8-13(9-7-12)17(3,4)5/h6-9,19H,18H2,1-5H3. The maximum absolute atomic E-state index is 11.6. The van der Waals surface area contributed by atoms with Crippen LogP contribution in [0, 0.1) is 6.92 Å². The fourth-order valence-electron chi connectivity index (χ4n) is 2.46. The number of H-pyrrole nitrogens is 1.